The molecule has 0 saturated carbocycles. The molecule has 3 aromatic heterocycles. The zero-order valence-corrected chi connectivity index (χ0v) is 11.8. The molecule has 5 heteroatoms. The molecule has 2 nitrogen and oxygen atoms in total. The lowest BCUT2D eigenvalue weighted by Crippen LogP contribution is -1.89. The molecule has 18 heavy (non-hydrogen) atoms. The molecule has 0 fully saturated rings. The molecule has 0 aromatic carbocycles. The van der Waals surface area contributed by atoms with Gasteiger partial charge in [0, 0.05) is 4.88 Å². The lowest BCUT2D eigenvalue weighted by molar-refractivity contribution is 0.917. The van der Waals surface area contributed by atoms with Crippen molar-refractivity contribution in [1.82, 2.24) is 9.97 Å². The van der Waals surface area contributed by atoms with Crippen LogP contribution in [0.1, 0.15) is 16.9 Å². The molecule has 0 amide bonds. The van der Waals surface area contributed by atoms with Gasteiger partial charge in [-0.15, -0.1) is 22.7 Å². The second kappa shape index (κ2) is 4.02. The van der Waals surface area contributed by atoms with Crippen LogP contribution in [-0.2, 0) is 12.8 Å². The molecule has 0 bridgehead atoms. The second-order valence-corrected chi connectivity index (χ2v) is 6.74. The molecule has 4 rings (SSSR count). The van der Waals surface area contributed by atoms with Gasteiger partial charge in [0.15, 0.2) is 5.82 Å². The number of hydrogen-bond acceptors (Lipinski definition) is 4. The van der Waals surface area contributed by atoms with Crippen LogP contribution < -0.4 is 0 Å². The van der Waals surface area contributed by atoms with E-state index >= 15 is 0 Å². The number of fused-ring (bicyclic) bond motifs is 3. The van der Waals surface area contributed by atoms with Crippen LogP contribution in [0.2, 0.25) is 5.15 Å². The minimum atomic E-state index is 0.614. The van der Waals surface area contributed by atoms with Gasteiger partial charge in [-0.2, -0.15) is 0 Å². The zero-order chi connectivity index (χ0) is 12.1. The lowest BCUT2D eigenvalue weighted by atomic mass is 10.2. The Labute approximate surface area is 117 Å². The van der Waals surface area contributed by atoms with Crippen LogP contribution in [0.3, 0.4) is 0 Å². The van der Waals surface area contributed by atoms with E-state index in [4.69, 9.17) is 11.6 Å². The first-order chi connectivity index (χ1) is 8.83. The van der Waals surface area contributed by atoms with Gasteiger partial charge in [0.1, 0.15) is 9.98 Å². The maximum atomic E-state index is 6.36. The first-order valence-electron chi connectivity index (χ1n) is 5.84. The predicted molar refractivity (Wildman–Crippen MR) is 77.8 cm³/mol. The van der Waals surface area contributed by atoms with Crippen LogP contribution in [0.15, 0.2) is 17.5 Å². The summed E-state index contributed by atoms with van der Waals surface area (Å²) < 4.78 is 0. The summed E-state index contributed by atoms with van der Waals surface area (Å²) in [6.45, 7) is 0. The van der Waals surface area contributed by atoms with Gasteiger partial charge in [-0.05, 0) is 36.3 Å². The number of nitrogens with zero attached hydrogens (tertiary/aromatic N) is 2. The van der Waals surface area contributed by atoms with Gasteiger partial charge in [-0.1, -0.05) is 17.7 Å². The second-order valence-electron chi connectivity index (χ2n) is 4.35. The van der Waals surface area contributed by atoms with Gasteiger partial charge in [0.25, 0.3) is 0 Å². The number of rotatable bonds is 1. The Morgan fingerprint density at radius 2 is 2.17 bits per heavy atom. The summed E-state index contributed by atoms with van der Waals surface area (Å²) in [5, 5.41) is 3.74. The molecule has 1 aliphatic carbocycles. The van der Waals surface area contributed by atoms with E-state index in [1.807, 2.05) is 17.5 Å². The van der Waals surface area contributed by atoms with E-state index in [0.717, 1.165) is 27.3 Å². The molecule has 0 N–H and O–H groups in total. The van der Waals surface area contributed by atoms with Crippen molar-refractivity contribution in [3.05, 3.63) is 33.1 Å². The summed E-state index contributed by atoms with van der Waals surface area (Å²) in [7, 11) is 0. The van der Waals surface area contributed by atoms with Crippen LogP contribution in [0.4, 0.5) is 0 Å². The van der Waals surface area contributed by atoms with Gasteiger partial charge in [0.05, 0.1) is 10.3 Å². The fraction of sp³-hybridized carbons (Fsp3) is 0.231. The van der Waals surface area contributed by atoms with E-state index < -0.39 is 0 Å². The van der Waals surface area contributed by atoms with E-state index in [-0.39, 0.29) is 0 Å². The standard InChI is InChI=1S/C13H9ClN2S2/c14-11-10-7-3-1-4-8(7)18-13(10)16-12(15-11)9-5-2-6-17-9/h2,5-6H,1,3-4H2. The molecule has 0 saturated heterocycles. The van der Waals surface area contributed by atoms with Crippen molar-refractivity contribution in [2.45, 2.75) is 19.3 Å². The highest BCUT2D eigenvalue weighted by Crippen LogP contribution is 2.40. The summed E-state index contributed by atoms with van der Waals surface area (Å²) >= 11 is 9.79. The number of thiophene rings is 2. The summed E-state index contributed by atoms with van der Waals surface area (Å²) in [5.74, 6) is 0.752. The van der Waals surface area contributed by atoms with Crippen LogP contribution >= 0.6 is 34.3 Å². The molecule has 3 aromatic rings. The van der Waals surface area contributed by atoms with Crippen molar-refractivity contribution in [3.8, 4) is 10.7 Å². The minimum Gasteiger partial charge on any atom is -0.216 e. The Kier molecular flexibility index (Phi) is 2.43. The molecule has 0 atom stereocenters. The smallest absolute Gasteiger partial charge is 0.172 e. The van der Waals surface area contributed by atoms with Gasteiger partial charge in [-0.3, -0.25) is 0 Å². The van der Waals surface area contributed by atoms with Gasteiger partial charge in [0.2, 0.25) is 0 Å². The zero-order valence-electron chi connectivity index (χ0n) is 9.44. The molecule has 0 unspecified atom stereocenters. The van der Waals surface area contributed by atoms with Crippen LogP contribution in [-0.4, -0.2) is 9.97 Å². The number of halogens is 1. The summed E-state index contributed by atoms with van der Waals surface area (Å²) in [5.41, 5.74) is 1.39. The number of hydrogen-bond donors (Lipinski definition) is 0. The van der Waals surface area contributed by atoms with E-state index in [1.54, 1.807) is 22.7 Å². The monoisotopic (exact) mass is 292 g/mol. The highest BCUT2D eigenvalue weighted by molar-refractivity contribution is 7.19. The molecule has 1 aliphatic rings. The topological polar surface area (TPSA) is 25.8 Å². The Balaban J connectivity index is 2.00. The number of aromatic nitrogens is 2. The highest BCUT2D eigenvalue weighted by Gasteiger charge is 2.21. The first kappa shape index (κ1) is 10.9. The first-order valence-corrected chi connectivity index (χ1v) is 7.92. The van der Waals surface area contributed by atoms with Crippen molar-refractivity contribution in [3.63, 3.8) is 0 Å². The fourth-order valence-corrected chi connectivity index (χ4v) is 4.73. The summed E-state index contributed by atoms with van der Waals surface area (Å²) in [6, 6.07) is 4.04. The Morgan fingerprint density at radius 1 is 1.22 bits per heavy atom. The number of aryl methyl sites for hydroxylation is 2. The van der Waals surface area contributed by atoms with Gasteiger partial charge < -0.3 is 0 Å². The summed E-state index contributed by atoms with van der Waals surface area (Å²) in [4.78, 5) is 12.7. The molecule has 3 heterocycles. The van der Waals surface area contributed by atoms with Crippen molar-refractivity contribution < 1.29 is 0 Å². The SMILES string of the molecule is Clc1nc(-c2cccs2)nc2sc3c(c12)CCC3. The average Bonchev–Trinajstić information content (AvgIpc) is 3.04. The third-order valence-electron chi connectivity index (χ3n) is 3.26. The van der Waals surface area contributed by atoms with Crippen molar-refractivity contribution in [2.75, 3.05) is 0 Å². The maximum absolute atomic E-state index is 6.36. The van der Waals surface area contributed by atoms with Gasteiger partial charge >= 0.3 is 0 Å². The van der Waals surface area contributed by atoms with Crippen molar-refractivity contribution in [1.29, 1.82) is 0 Å². The third-order valence-corrected chi connectivity index (χ3v) is 5.59. The van der Waals surface area contributed by atoms with Crippen LogP contribution in [0.5, 0.6) is 0 Å². The highest BCUT2D eigenvalue weighted by atomic mass is 35.5. The molecule has 90 valence electrons. The van der Waals surface area contributed by atoms with Crippen molar-refractivity contribution >= 4 is 44.5 Å². The van der Waals surface area contributed by atoms with E-state index in [1.165, 1.54) is 23.3 Å². The Hall–Kier alpha value is -0.970. The third kappa shape index (κ3) is 1.53. The molecular weight excluding hydrogens is 284 g/mol. The lowest BCUT2D eigenvalue weighted by Gasteiger charge is -2.00. The Morgan fingerprint density at radius 3 is 3.00 bits per heavy atom. The fourth-order valence-electron chi connectivity index (χ4n) is 2.47. The minimum absolute atomic E-state index is 0.614. The molecule has 0 radical (unpaired) electrons. The molecular formula is C13H9ClN2S2. The normalized spacial score (nSPS) is 14.3. The van der Waals surface area contributed by atoms with Crippen LogP contribution in [0.25, 0.3) is 20.9 Å². The largest absolute Gasteiger partial charge is 0.216 e. The van der Waals surface area contributed by atoms with Gasteiger partial charge in [-0.25, -0.2) is 9.97 Å². The predicted octanol–water partition coefficient (Wildman–Crippen LogP) is 4.56. The molecule has 0 aliphatic heterocycles. The Bertz CT molecular complexity index is 731. The quantitative estimate of drug-likeness (QED) is 0.614. The van der Waals surface area contributed by atoms with E-state index in [0.29, 0.717) is 5.15 Å². The van der Waals surface area contributed by atoms with Crippen molar-refractivity contribution in [2.24, 2.45) is 0 Å². The molecule has 0 spiro atoms. The van der Waals surface area contributed by atoms with Crippen LogP contribution in [0, 0.1) is 0 Å². The maximum Gasteiger partial charge on any atom is 0.172 e. The van der Waals surface area contributed by atoms with E-state index in [2.05, 4.69) is 9.97 Å². The average molecular weight is 293 g/mol. The van der Waals surface area contributed by atoms with E-state index in [9.17, 15) is 0 Å². The summed E-state index contributed by atoms with van der Waals surface area (Å²) in [6.07, 6.45) is 3.53.